The maximum absolute atomic E-state index is 12.6. The summed E-state index contributed by atoms with van der Waals surface area (Å²) in [6, 6.07) is 16.7. The van der Waals surface area contributed by atoms with Gasteiger partial charge in [-0.25, -0.2) is 9.97 Å². The minimum atomic E-state index is -0.299. The molecule has 4 rings (SSSR count). The topological polar surface area (TPSA) is 98.5 Å². The van der Waals surface area contributed by atoms with Crippen LogP contribution >= 0.6 is 0 Å². The van der Waals surface area contributed by atoms with Crippen molar-refractivity contribution in [1.29, 1.82) is 0 Å². The highest BCUT2D eigenvalue weighted by molar-refractivity contribution is 6.06. The number of carbonyl (C=O) groups is 1. The number of hydrogen-bond acceptors (Lipinski definition) is 6. The number of anilines is 1. The van der Waals surface area contributed by atoms with Gasteiger partial charge in [0.05, 0.1) is 29.3 Å². The van der Waals surface area contributed by atoms with Gasteiger partial charge in [-0.05, 0) is 22.6 Å². The number of rotatable bonds is 4. The Balaban J connectivity index is 1.56. The van der Waals surface area contributed by atoms with E-state index in [1.165, 1.54) is 11.0 Å². The summed E-state index contributed by atoms with van der Waals surface area (Å²) in [6.45, 7) is 0. The maximum atomic E-state index is 12.6. The fraction of sp³-hybridized carbons (Fsp3) is 0. The van der Waals surface area contributed by atoms with E-state index in [1.807, 2.05) is 36.4 Å². The molecular formula is C18H13N7O. The average molecular weight is 343 g/mol. The summed E-state index contributed by atoms with van der Waals surface area (Å²) >= 11 is 0. The fourth-order valence-electron chi connectivity index (χ4n) is 2.46. The molecule has 1 amide bonds. The van der Waals surface area contributed by atoms with Gasteiger partial charge in [-0.15, -0.1) is 5.10 Å². The number of nitrogens with one attached hydrogen (secondary N) is 1. The molecule has 0 bridgehead atoms. The molecule has 8 heteroatoms. The molecule has 0 aliphatic carbocycles. The molecule has 4 aromatic rings. The summed E-state index contributed by atoms with van der Waals surface area (Å²) in [4.78, 5) is 21.2. The summed E-state index contributed by atoms with van der Waals surface area (Å²) in [5, 5.41) is 13.8. The Bertz CT molecular complexity index is 1020. The van der Waals surface area contributed by atoms with Gasteiger partial charge in [0, 0.05) is 5.56 Å². The number of aromatic nitrogens is 6. The van der Waals surface area contributed by atoms with Gasteiger partial charge >= 0.3 is 0 Å². The van der Waals surface area contributed by atoms with Crippen molar-refractivity contribution < 1.29 is 4.79 Å². The Kier molecular flexibility index (Phi) is 4.13. The van der Waals surface area contributed by atoms with Crippen molar-refractivity contribution in [3.8, 4) is 17.1 Å². The van der Waals surface area contributed by atoms with Crippen LogP contribution in [0.15, 0.2) is 73.3 Å². The molecule has 126 valence electrons. The Morgan fingerprint density at radius 3 is 2.38 bits per heavy atom. The largest absolute Gasteiger partial charge is 0.319 e. The van der Waals surface area contributed by atoms with Gasteiger partial charge in [0.15, 0.2) is 5.82 Å². The van der Waals surface area contributed by atoms with Crippen LogP contribution in [0.2, 0.25) is 0 Å². The van der Waals surface area contributed by atoms with Crippen LogP contribution in [0.1, 0.15) is 10.4 Å². The van der Waals surface area contributed by atoms with Crippen LogP contribution in [0.25, 0.3) is 17.1 Å². The predicted molar refractivity (Wildman–Crippen MR) is 94.6 cm³/mol. The smallest absolute Gasteiger partial charge is 0.257 e. The molecular weight excluding hydrogens is 330 g/mol. The third-order valence-electron chi connectivity index (χ3n) is 3.69. The molecule has 0 saturated carbocycles. The molecule has 0 aliphatic heterocycles. The van der Waals surface area contributed by atoms with Crippen LogP contribution in [0.5, 0.6) is 0 Å². The molecule has 0 fully saturated rings. The lowest BCUT2D eigenvalue weighted by atomic mass is 10.1. The monoisotopic (exact) mass is 343 g/mol. The van der Waals surface area contributed by atoms with Crippen LogP contribution in [0, 0.1) is 0 Å². The van der Waals surface area contributed by atoms with Crippen molar-refractivity contribution >= 4 is 11.6 Å². The number of para-hydroxylation sites is 1. The lowest BCUT2D eigenvalue weighted by molar-refractivity contribution is 0.102. The zero-order valence-electron chi connectivity index (χ0n) is 13.5. The first-order valence-corrected chi connectivity index (χ1v) is 7.82. The molecule has 0 unspecified atom stereocenters. The van der Waals surface area contributed by atoms with Gasteiger partial charge in [-0.2, -0.15) is 4.68 Å². The lowest BCUT2D eigenvalue weighted by Gasteiger charge is -2.09. The van der Waals surface area contributed by atoms with Crippen molar-refractivity contribution in [2.75, 3.05) is 5.32 Å². The van der Waals surface area contributed by atoms with Gasteiger partial charge in [0.1, 0.15) is 6.33 Å². The maximum Gasteiger partial charge on any atom is 0.257 e. The Hall–Kier alpha value is -3.94. The highest BCUT2D eigenvalue weighted by atomic mass is 16.1. The Morgan fingerprint density at radius 1 is 0.923 bits per heavy atom. The summed E-state index contributed by atoms with van der Waals surface area (Å²) < 4.78 is 1.43. The third kappa shape index (κ3) is 3.16. The number of hydrogen-bond donors (Lipinski definition) is 1. The van der Waals surface area contributed by atoms with E-state index < -0.39 is 0 Å². The molecule has 0 aliphatic rings. The molecule has 0 radical (unpaired) electrons. The van der Waals surface area contributed by atoms with Gasteiger partial charge in [0.2, 0.25) is 0 Å². The van der Waals surface area contributed by atoms with E-state index in [2.05, 4.69) is 30.8 Å². The van der Waals surface area contributed by atoms with Crippen LogP contribution in [0.4, 0.5) is 5.69 Å². The molecule has 0 atom stereocenters. The number of tetrazole rings is 1. The Labute approximate surface area is 148 Å². The van der Waals surface area contributed by atoms with E-state index in [9.17, 15) is 4.79 Å². The van der Waals surface area contributed by atoms with Crippen LogP contribution < -0.4 is 5.32 Å². The van der Waals surface area contributed by atoms with Crippen molar-refractivity contribution in [1.82, 2.24) is 30.2 Å². The van der Waals surface area contributed by atoms with Crippen molar-refractivity contribution in [3.05, 3.63) is 78.9 Å². The zero-order chi connectivity index (χ0) is 17.8. The van der Waals surface area contributed by atoms with Crippen molar-refractivity contribution in [3.63, 3.8) is 0 Å². The normalized spacial score (nSPS) is 10.5. The minimum Gasteiger partial charge on any atom is -0.319 e. The summed E-state index contributed by atoms with van der Waals surface area (Å²) in [7, 11) is 0. The van der Waals surface area contributed by atoms with Gasteiger partial charge in [-0.1, -0.05) is 42.5 Å². The van der Waals surface area contributed by atoms with E-state index >= 15 is 0 Å². The molecule has 2 aromatic heterocycles. The lowest BCUT2D eigenvalue weighted by Crippen LogP contribution is -2.15. The average Bonchev–Trinajstić information content (AvgIpc) is 3.24. The predicted octanol–water partition coefficient (Wildman–Crippen LogP) is 2.37. The standard InChI is InChI=1S/C18H13N7O/c26-18(15-8-4-5-9-16(15)25-12-21-23-24-25)22-14-10-19-17(20-11-14)13-6-2-1-3-7-13/h1-12H,(H,22,26). The van der Waals surface area contributed by atoms with E-state index in [1.54, 1.807) is 30.6 Å². The summed E-state index contributed by atoms with van der Waals surface area (Å²) in [5.41, 5.74) is 2.43. The molecule has 8 nitrogen and oxygen atoms in total. The highest BCUT2D eigenvalue weighted by Gasteiger charge is 2.14. The molecule has 1 N–H and O–H groups in total. The molecule has 0 spiro atoms. The first-order chi connectivity index (χ1) is 12.8. The fourth-order valence-corrected chi connectivity index (χ4v) is 2.46. The molecule has 2 aromatic carbocycles. The molecule has 26 heavy (non-hydrogen) atoms. The SMILES string of the molecule is O=C(Nc1cnc(-c2ccccc2)nc1)c1ccccc1-n1cnnn1. The second kappa shape index (κ2) is 6.89. The van der Waals surface area contributed by atoms with Gasteiger partial charge in [-0.3, -0.25) is 4.79 Å². The van der Waals surface area contributed by atoms with E-state index in [4.69, 9.17) is 0 Å². The second-order valence-corrected chi connectivity index (χ2v) is 5.39. The number of nitrogens with zero attached hydrogens (tertiary/aromatic N) is 6. The van der Waals surface area contributed by atoms with Crippen molar-refractivity contribution in [2.24, 2.45) is 0 Å². The first-order valence-electron chi connectivity index (χ1n) is 7.82. The van der Waals surface area contributed by atoms with E-state index in [-0.39, 0.29) is 5.91 Å². The number of amides is 1. The second-order valence-electron chi connectivity index (χ2n) is 5.39. The minimum absolute atomic E-state index is 0.299. The zero-order valence-corrected chi connectivity index (χ0v) is 13.5. The van der Waals surface area contributed by atoms with E-state index in [0.29, 0.717) is 22.8 Å². The molecule has 2 heterocycles. The number of carbonyl (C=O) groups excluding carboxylic acids is 1. The van der Waals surface area contributed by atoms with Gasteiger partial charge < -0.3 is 5.32 Å². The number of benzene rings is 2. The van der Waals surface area contributed by atoms with Crippen LogP contribution in [-0.2, 0) is 0 Å². The van der Waals surface area contributed by atoms with Crippen LogP contribution in [0.3, 0.4) is 0 Å². The molecule has 0 saturated heterocycles. The quantitative estimate of drug-likeness (QED) is 0.611. The first kappa shape index (κ1) is 15.6. The van der Waals surface area contributed by atoms with Crippen LogP contribution in [-0.4, -0.2) is 36.1 Å². The Morgan fingerprint density at radius 2 is 1.65 bits per heavy atom. The highest BCUT2D eigenvalue weighted by Crippen LogP contribution is 2.17. The third-order valence-corrected chi connectivity index (χ3v) is 3.69. The van der Waals surface area contributed by atoms with Crippen molar-refractivity contribution in [2.45, 2.75) is 0 Å². The summed E-state index contributed by atoms with van der Waals surface area (Å²) in [6.07, 6.45) is 4.59. The summed E-state index contributed by atoms with van der Waals surface area (Å²) in [5.74, 6) is 0.296. The van der Waals surface area contributed by atoms with E-state index in [0.717, 1.165) is 5.56 Å². The van der Waals surface area contributed by atoms with Gasteiger partial charge in [0.25, 0.3) is 5.91 Å².